The van der Waals surface area contributed by atoms with Crippen LogP contribution in [-0.4, -0.2) is 35.1 Å². The highest BCUT2D eigenvalue weighted by Crippen LogP contribution is 2.24. The standard InChI is InChI=1S/C25H23N5O2S/c31-24(27-15-20-2-1-13-33-20)19-7-8-22-21(14-19)23(30-29-22)28-25(32)18-5-3-16(4-6-18)17-9-11-26-12-10-17/h1-9,13-14,26H,10-12,15H2,(H,27,31)(H2,28,29,30,32). The molecule has 0 atom stereocenters. The number of benzene rings is 2. The summed E-state index contributed by atoms with van der Waals surface area (Å²) in [6.07, 6.45) is 3.16. The molecule has 1 aliphatic heterocycles. The average molecular weight is 458 g/mol. The summed E-state index contributed by atoms with van der Waals surface area (Å²) in [5.41, 5.74) is 4.23. The topological polar surface area (TPSA) is 98.9 Å². The van der Waals surface area contributed by atoms with Gasteiger partial charge < -0.3 is 16.0 Å². The lowest BCUT2D eigenvalue weighted by Gasteiger charge is -2.14. The van der Waals surface area contributed by atoms with E-state index in [0.29, 0.717) is 28.9 Å². The van der Waals surface area contributed by atoms with Crippen molar-refractivity contribution in [1.82, 2.24) is 20.8 Å². The van der Waals surface area contributed by atoms with E-state index in [4.69, 9.17) is 0 Å². The number of aromatic nitrogens is 2. The molecular weight excluding hydrogens is 434 g/mol. The molecule has 0 aliphatic carbocycles. The van der Waals surface area contributed by atoms with Crippen LogP contribution in [0.2, 0.25) is 0 Å². The third kappa shape index (κ3) is 4.72. The van der Waals surface area contributed by atoms with Gasteiger partial charge in [-0.1, -0.05) is 24.3 Å². The molecule has 0 radical (unpaired) electrons. The van der Waals surface area contributed by atoms with Gasteiger partial charge in [-0.2, -0.15) is 5.10 Å². The zero-order chi connectivity index (χ0) is 22.6. The van der Waals surface area contributed by atoms with Crippen molar-refractivity contribution in [3.8, 4) is 0 Å². The van der Waals surface area contributed by atoms with Gasteiger partial charge in [-0.3, -0.25) is 14.7 Å². The van der Waals surface area contributed by atoms with Crippen LogP contribution in [-0.2, 0) is 6.54 Å². The minimum Gasteiger partial charge on any atom is -0.347 e. The number of fused-ring (bicyclic) bond motifs is 1. The second-order valence-corrected chi connectivity index (χ2v) is 8.84. The van der Waals surface area contributed by atoms with Crippen LogP contribution in [0.4, 0.5) is 5.82 Å². The molecule has 7 nitrogen and oxygen atoms in total. The monoisotopic (exact) mass is 457 g/mol. The number of carbonyl (C=O) groups is 2. The molecule has 33 heavy (non-hydrogen) atoms. The summed E-state index contributed by atoms with van der Waals surface area (Å²) in [7, 11) is 0. The van der Waals surface area contributed by atoms with Gasteiger partial charge in [-0.15, -0.1) is 11.3 Å². The Kier molecular flexibility index (Phi) is 6.01. The molecule has 4 N–H and O–H groups in total. The van der Waals surface area contributed by atoms with Gasteiger partial charge in [0.05, 0.1) is 12.1 Å². The molecule has 0 saturated heterocycles. The summed E-state index contributed by atoms with van der Waals surface area (Å²) >= 11 is 1.60. The molecule has 0 saturated carbocycles. The fourth-order valence-electron chi connectivity index (χ4n) is 3.83. The van der Waals surface area contributed by atoms with E-state index in [-0.39, 0.29) is 11.8 Å². The Morgan fingerprint density at radius 1 is 1.03 bits per heavy atom. The van der Waals surface area contributed by atoms with Crippen LogP contribution in [0.1, 0.15) is 37.6 Å². The fourth-order valence-corrected chi connectivity index (χ4v) is 4.48. The van der Waals surface area contributed by atoms with Gasteiger partial charge in [-0.05, 0) is 65.9 Å². The fraction of sp³-hybridized carbons (Fsp3) is 0.160. The van der Waals surface area contributed by atoms with Crippen LogP contribution in [0, 0.1) is 0 Å². The normalized spacial score (nSPS) is 13.5. The van der Waals surface area contributed by atoms with Crippen molar-refractivity contribution in [1.29, 1.82) is 0 Å². The summed E-state index contributed by atoms with van der Waals surface area (Å²) in [5.74, 6) is -0.0265. The van der Waals surface area contributed by atoms with Gasteiger partial charge in [0.25, 0.3) is 11.8 Å². The van der Waals surface area contributed by atoms with Crippen molar-refractivity contribution < 1.29 is 9.59 Å². The van der Waals surface area contributed by atoms with E-state index in [1.165, 1.54) is 5.57 Å². The van der Waals surface area contributed by atoms with E-state index in [1.807, 2.05) is 41.8 Å². The van der Waals surface area contributed by atoms with Gasteiger partial charge in [-0.25, -0.2) is 0 Å². The van der Waals surface area contributed by atoms with Gasteiger partial charge in [0.15, 0.2) is 5.82 Å². The van der Waals surface area contributed by atoms with Crippen molar-refractivity contribution >= 4 is 45.4 Å². The highest BCUT2D eigenvalue weighted by molar-refractivity contribution is 7.09. The lowest BCUT2D eigenvalue weighted by molar-refractivity contribution is 0.0950. The van der Waals surface area contributed by atoms with E-state index >= 15 is 0 Å². The highest BCUT2D eigenvalue weighted by Gasteiger charge is 2.15. The molecule has 2 aromatic heterocycles. The minimum absolute atomic E-state index is 0.174. The summed E-state index contributed by atoms with van der Waals surface area (Å²) in [4.78, 5) is 26.5. The Morgan fingerprint density at radius 2 is 1.88 bits per heavy atom. The molecule has 166 valence electrons. The zero-order valence-electron chi connectivity index (χ0n) is 17.9. The number of hydrogen-bond donors (Lipinski definition) is 4. The predicted molar refractivity (Wildman–Crippen MR) is 131 cm³/mol. The lowest BCUT2D eigenvalue weighted by atomic mass is 9.99. The maximum absolute atomic E-state index is 12.8. The Hall–Kier alpha value is -3.75. The Bertz CT molecular complexity index is 1320. The number of amides is 2. The van der Waals surface area contributed by atoms with Crippen LogP contribution >= 0.6 is 11.3 Å². The van der Waals surface area contributed by atoms with Crippen molar-refractivity contribution in [2.24, 2.45) is 0 Å². The Morgan fingerprint density at radius 3 is 2.64 bits per heavy atom. The van der Waals surface area contributed by atoms with E-state index in [2.05, 4.69) is 32.2 Å². The predicted octanol–water partition coefficient (Wildman–Crippen LogP) is 4.18. The number of hydrogen-bond acceptors (Lipinski definition) is 5. The van der Waals surface area contributed by atoms with E-state index < -0.39 is 0 Å². The molecule has 4 aromatic rings. The first kappa shape index (κ1) is 21.1. The number of carbonyl (C=O) groups excluding carboxylic acids is 2. The van der Waals surface area contributed by atoms with Crippen LogP contribution < -0.4 is 16.0 Å². The molecule has 2 aromatic carbocycles. The molecule has 2 amide bonds. The third-order valence-corrected chi connectivity index (χ3v) is 6.52. The minimum atomic E-state index is -0.248. The van der Waals surface area contributed by atoms with Crippen molar-refractivity contribution in [3.63, 3.8) is 0 Å². The third-order valence-electron chi connectivity index (χ3n) is 5.64. The van der Waals surface area contributed by atoms with E-state index in [9.17, 15) is 9.59 Å². The SMILES string of the molecule is O=C(NCc1cccs1)c1ccc2[nH]nc(NC(=O)c3ccc(C4=CCNCC4)cc3)c2c1. The summed E-state index contributed by atoms with van der Waals surface area (Å²) in [5, 5.41) is 18.9. The van der Waals surface area contributed by atoms with Crippen LogP contribution in [0.5, 0.6) is 0 Å². The van der Waals surface area contributed by atoms with Crippen molar-refractivity contribution in [2.75, 3.05) is 18.4 Å². The largest absolute Gasteiger partial charge is 0.347 e. The Labute approximate surface area is 194 Å². The molecule has 8 heteroatoms. The number of anilines is 1. The zero-order valence-corrected chi connectivity index (χ0v) is 18.7. The van der Waals surface area contributed by atoms with Crippen LogP contribution in [0.3, 0.4) is 0 Å². The molecular formula is C25H23N5O2S. The van der Waals surface area contributed by atoms with Gasteiger partial charge in [0.2, 0.25) is 0 Å². The molecule has 1 aliphatic rings. The molecule has 0 bridgehead atoms. The van der Waals surface area contributed by atoms with Gasteiger partial charge in [0.1, 0.15) is 0 Å². The number of nitrogens with zero attached hydrogens (tertiary/aromatic N) is 1. The summed E-state index contributed by atoms with van der Waals surface area (Å²) in [6, 6.07) is 16.8. The molecule has 0 spiro atoms. The molecule has 0 unspecified atom stereocenters. The van der Waals surface area contributed by atoms with Crippen LogP contribution in [0.25, 0.3) is 16.5 Å². The van der Waals surface area contributed by atoms with Crippen molar-refractivity contribution in [2.45, 2.75) is 13.0 Å². The smallest absolute Gasteiger partial charge is 0.256 e. The number of H-pyrrole nitrogens is 1. The highest BCUT2D eigenvalue weighted by atomic mass is 32.1. The van der Waals surface area contributed by atoms with E-state index in [1.54, 1.807) is 29.5 Å². The molecule has 3 heterocycles. The quantitative estimate of drug-likeness (QED) is 0.349. The molecule has 5 rings (SSSR count). The van der Waals surface area contributed by atoms with Crippen LogP contribution in [0.15, 0.2) is 66.1 Å². The average Bonchev–Trinajstić information content (AvgIpc) is 3.53. The maximum Gasteiger partial charge on any atom is 0.256 e. The van der Waals surface area contributed by atoms with Gasteiger partial charge >= 0.3 is 0 Å². The second kappa shape index (κ2) is 9.40. The first-order valence-electron chi connectivity index (χ1n) is 10.8. The first-order chi connectivity index (χ1) is 16.2. The summed E-state index contributed by atoms with van der Waals surface area (Å²) in [6.45, 7) is 2.32. The number of aromatic amines is 1. The second-order valence-electron chi connectivity index (χ2n) is 7.81. The number of thiophene rings is 1. The van der Waals surface area contributed by atoms with Gasteiger partial charge in [0, 0.05) is 27.9 Å². The van der Waals surface area contributed by atoms with E-state index in [0.717, 1.165) is 35.5 Å². The number of rotatable bonds is 6. The maximum atomic E-state index is 12.8. The lowest BCUT2D eigenvalue weighted by Crippen LogP contribution is -2.22. The summed E-state index contributed by atoms with van der Waals surface area (Å²) < 4.78 is 0. The van der Waals surface area contributed by atoms with Crippen molar-refractivity contribution in [3.05, 3.63) is 87.6 Å². The molecule has 0 fully saturated rings. The Balaban J connectivity index is 1.30. The first-order valence-corrected chi connectivity index (χ1v) is 11.7. The number of nitrogens with one attached hydrogen (secondary N) is 4.